The number of phosphoric acid groups is 2. The molecule has 1 aromatic heterocycles. The molecule has 6 N–H and O–H groups in total. The molecule has 0 aromatic carbocycles. The van der Waals surface area contributed by atoms with Crippen LogP contribution in [0.4, 0.5) is 0 Å². The van der Waals surface area contributed by atoms with Gasteiger partial charge in [0.25, 0.3) is 0 Å². The Hall–Kier alpha value is -1.47. The van der Waals surface area contributed by atoms with Crippen molar-refractivity contribution >= 4 is 60.7 Å². The summed E-state index contributed by atoms with van der Waals surface area (Å²) in [7, 11) is -10.1. The van der Waals surface area contributed by atoms with Gasteiger partial charge >= 0.3 is 15.6 Å². The fourth-order valence-electron chi connectivity index (χ4n) is 3.67. The molecule has 1 unspecified atom stereocenters. The molecule has 0 spiro atoms. The number of aromatic nitrogens is 2. The minimum Gasteiger partial charge on any atom is -0.387 e. The molecule has 0 bridgehead atoms. The van der Waals surface area contributed by atoms with Crippen LogP contribution in [0.25, 0.3) is 5.82 Å². The summed E-state index contributed by atoms with van der Waals surface area (Å²) in [4.78, 5) is 70.8. The topological polar surface area (TPSA) is 243 Å². The van der Waals surface area contributed by atoms with Crippen molar-refractivity contribution in [2.45, 2.75) is 30.0 Å². The van der Waals surface area contributed by atoms with E-state index in [-0.39, 0.29) is 21.9 Å². The van der Waals surface area contributed by atoms with E-state index in [4.69, 9.17) is 19.0 Å². The lowest BCUT2D eigenvalue weighted by Gasteiger charge is -2.27. The summed E-state index contributed by atoms with van der Waals surface area (Å²) >= 11 is 3.97. The number of hydrogen-bond donors (Lipinski definition) is 6. The molecule has 0 amide bonds. The molecule has 17 nitrogen and oxygen atoms in total. The molecule has 37 heavy (non-hydrogen) atoms. The first-order chi connectivity index (χ1) is 17.3. The molecule has 1 aromatic rings. The number of nitrogens with zero attached hydrogens (tertiary/aromatic N) is 4. The summed E-state index contributed by atoms with van der Waals surface area (Å²) < 4.78 is 38.7. The zero-order valence-electron chi connectivity index (χ0n) is 18.3. The monoisotopic (exact) mass is 647 g/mol. The summed E-state index contributed by atoms with van der Waals surface area (Å²) in [6.07, 6.45) is -1.98. The molecule has 4 rings (SSSR count). The number of hydrogen-bond acceptors (Lipinski definition) is 13. The molecule has 0 radical (unpaired) electrons. The average molecular weight is 648 g/mol. The zero-order valence-corrected chi connectivity index (χ0v) is 22.5. The molecule has 0 saturated carbocycles. The predicted molar refractivity (Wildman–Crippen MR) is 125 cm³/mol. The van der Waals surface area contributed by atoms with E-state index in [1.54, 1.807) is 17.3 Å². The van der Waals surface area contributed by atoms with Crippen molar-refractivity contribution in [2.24, 2.45) is 4.99 Å². The van der Waals surface area contributed by atoms with Gasteiger partial charge in [0.15, 0.2) is 17.2 Å². The number of aliphatic hydroxyl groups excluding tert-OH is 1. The van der Waals surface area contributed by atoms with E-state index in [1.165, 1.54) is 10.9 Å². The molecule has 4 heterocycles. The van der Waals surface area contributed by atoms with Gasteiger partial charge in [-0.05, 0) is 0 Å². The van der Waals surface area contributed by atoms with Gasteiger partial charge in [0.1, 0.15) is 29.5 Å². The summed E-state index contributed by atoms with van der Waals surface area (Å²) in [6, 6.07) is 0. The summed E-state index contributed by atoms with van der Waals surface area (Å²) in [5.41, 5.74) is -0.648. The molecule has 0 aliphatic carbocycles. The third-order valence-corrected chi connectivity index (χ3v) is 7.80. The van der Waals surface area contributed by atoms with E-state index >= 15 is 0 Å². The second-order valence-electron chi connectivity index (χ2n) is 7.69. The van der Waals surface area contributed by atoms with Crippen LogP contribution in [0.2, 0.25) is 0 Å². The number of thioether (sulfide) groups is 1. The van der Waals surface area contributed by atoms with Crippen LogP contribution in [0.3, 0.4) is 0 Å². The average Bonchev–Trinajstić information content (AvgIpc) is 3.52. The van der Waals surface area contributed by atoms with Crippen molar-refractivity contribution in [1.82, 2.24) is 19.8 Å². The molecule has 204 valence electrons. The van der Waals surface area contributed by atoms with E-state index in [0.29, 0.717) is 5.82 Å². The lowest BCUT2D eigenvalue weighted by Crippen LogP contribution is -2.47. The van der Waals surface area contributed by atoms with Gasteiger partial charge in [0.05, 0.1) is 24.0 Å². The van der Waals surface area contributed by atoms with Crippen LogP contribution in [-0.4, -0.2) is 92.2 Å². The maximum absolute atomic E-state index is 12.0. The van der Waals surface area contributed by atoms with Crippen molar-refractivity contribution in [2.75, 3.05) is 17.7 Å². The van der Waals surface area contributed by atoms with E-state index in [9.17, 15) is 33.6 Å². The lowest BCUT2D eigenvalue weighted by atomic mass is 10.1. The Morgan fingerprint density at radius 1 is 1.22 bits per heavy atom. The third kappa shape index (κ3) is 6.41. The van der Waals surface area contributed by atoms with Gasteiger partial charge in [0, 0.05) is 12.4 Å². The number of nitrogens with one attached hydrogen (secondary N) is 1. The van der Waals surface area contributed by atoms with Crippen molar-refractivity contribution in [3.63, 3.8) is 0 Å². The van der Waals surface area contributed by atoms with E-state index in [1.807, 2.05) is 0 Å². The largest absolute Gasteiger partial charge is 0.470 e. The molecule has 21 heteroatoms. The van der Waals surface area contributed by atoms with Crippen molar-refractivity contribution in [3.05, 3.63) is 29.6 Å². The minimum absolute atomic E-state index is 0.118. The van der Waals surface area contributed by atoms with Crippen LogP contribution in [0.1, 0.15) is 6.23 Å². The maximum atomic E-state index is 12.0. The van der Waals surface area contributed by atoms with E-state index in [2.05, 4.69) is 35.7 Å². The number of Topliss-reactive ketones (excluding diaryl/α,β-unsaturated/α-hetero) is 2. The summed E-state index contributed by atoms with van der Waals surface area (Å²) in [5.74, 6) is -0.973. The van der Waals surface area contributed by atoms with Crippen molar-refractivity contribution in [1.29, 1.82) is 0 Å². The van der Waals surface area contributed by atoms with E-state index in [0.717, 1.165) is 11.8 Å². The van der Waals surface area contributed by atoms with Gasteiger partial charge in [-0.25, -0.2) is 19.1 Å². The molecule has 1 fully saturated rings. The molecule has 1 saturated heterocycles. The number of halogens is 1. The summed E-state index contributed by atoms with van der Waals surface area (Å²) in [6.45, 7) is -0.824. The highest BCUT2D eigenvalue weighted by Crippen LogP contribution is 2.45. The highest BCUT2D eigenvalue weighted by atomic mass is 79.9. The Labute approximate surface area is 219 Å². The smallest absolute Gasteiger partial charge is 0.387 e. The Bertz CT molecular complexity index is 1330. The lowest BCUT2D eigenvalue weighted by molar-refractivity contribution is -0.133. The summed E-state index contributed by atoms with van der Waals surface area (Å²) in [5, 5.41) is 13.7. The van der Waals surface area contributed by atoms with Gasteiger partial charge in [-0.3, -0.25) is 28.1 Å². The van der Waals surface area contributed by atoms with Gasteiger partial charge in [-0.2, -0.15) is 0 Å². The first kappa shape index (κ1) is 28.5. The fraction of sp³-hybridized carbons (Fsp3) is 0.500. The standard InChI is InChI=1S/C16H20BrN5O12P2S/c17-3-7(23)8(24)5-37-16-20-14-10(13-18-1-2-21(13)16)19-6-22(14)15-12(34-36(29,30)31)11(25)9(33-15)4-32-35(26,27)28/h1-2,6,9,11-12,15-16,18,25H,3-5H2,(H2,26,27,28)(H2,29,30,31)/t9-,11-,12-,15-,16?/m1/s1. The number of aliphatic hydroxyl groups is 1. The molecular formula is C16H20BrN5O12P2S. The SMILES string of the molecule is O=C(CBr)C(=O)CSC1N=c2c(ncn2[C@@H]2O[C@H](COP(=O)(O)O)[C@@H](O)[C@H]2OP(=O)(O)O)=C2NC=CN21. The molecular weight excluding hydrogens is 628 g/mol. The highest BCUT2D eigenvalue weighted by molar-refractivity contribution is 9.09. The molecule has 5 atom stereocenters. The van der Waals surface area contributed by atoms with Crippen LogP contribution in [-0.2, 0) is 32.5 Å². The number of alkyl halides is 1. The number of carbonyl (C=O) groups excluding carboxylic acids is 2. The Morgan fingerprint density at radius 2 is 1.95 bits per heavy atom. The van der Waals surface area contributed by atoms with Crippen LogP contribution in [0.5, 0.6) is 0 Å². The Kier molecular flexibility index (Phi) is 8.45. The fourth-order valence-corrected chi connectivity index (χ4v) is 5.84. The maximum Gasteiger partial charge on any atom is 0.470 e. The van der Waals surface area contributed by atoms with Crippen LogP contribution < -0.4 is 16.2 Å². The predicted octanol–water partition coefficient (Wildman–Crippen LogP) is -2.65. The Balaban J connectivity index is 1.69. The number of phosphoric ester groups is 2. The van der Waals surface area contributed by atoms with Gasteiger partial charge in [-0.15, -0.1) is 11.8 Å². The number of fused-ring (bicyclic) bond motifs is 2. The first-order valence-electron chi connectivity index (χ1n) is 10.2. The minimum atomic E-state index is -5.17. The normalized spacial score (nSPS) is 27.0. The van der Waals surface area contributed by atoms with Crippen LogP contribution >= 0.6 is 43.3 Å². The van der Waals surface area contributed by atoms with Gasteiger partial charge in [-0.1, -0.05) is 15.9 Å². The third-order valence-electron chi connectivity index (χ3n) is 5.22. The Morgan fingerprint density at radius 3 is 2.59 bits per heavy atom. The number of imidazole rings is 1. The molecule has 3 aliphatic rings. The number of ketones is 2. The second kappa shape index (κ2) is 11.0. The first-order valence-corrected chi connectivity index (χ1v) is 15.4. The van der Waals surface area contributed by atoms with Crippen LogP contribution in [0.15, 0.2) is 23.7 Å². The van der Waals surface area contributed by atoms with Crippen molar-refractivity contribution < 1.29 is 57.2 Å². The van der Waals surface area contributed by atoms with Crippen LogP contribution in [0, 0.1) is 0 Å². The zero-order chi connectivity index (χ0) is 27.1. The highest BCUT2D eigenvalue weighted by Gasteiger charge is 2.49. The second-order valence-corrected chi connectivity index (χ2v) is 11.7. The molecule has 3 aliphatic heterocycles. The number of carbonyl (C=O) groups is 2. The van der Waals surface area contributed by atoms with Gasteiger partial charge in [0.2, 0.25) is 11.6 Å². The number of ether oxygens (including phenoxy) is 1. The number of rotatable bonds is 11. The van der Waals surface area contributed by atoms with Crippen molar-refractivity contribution in [3.8, 4) is 0 Å². The quantitative estimate of drug-likeness (QED) is 0.0816. The van der Waals surface area contributed by atoms with E-state index < -0.39 is 63.9 Å². The van der Waals surface area contributed by atoms with Gasteiger partial charge < -0.3 is 34.7 Å².